The van der Waals surface area contributed by atoms with Gasteiger partial charge in [0.15, 0.2) is 10.8 Å². The maximum Gasteiger partial charge on any atom is 0.347 e. The van der Waals surface area contributed by atoms with Crippen LogP contribution in [-0.4, -0.2) is 69.2 Å². The van der Waals surface area contributed by atoms with Crippen molar-refractivity contribution in [3.05, 3.63) is 35.5 Å². The second kappa shape index (κ2) is 10.2. The van der Waals surface area contributed by atoms with E-state index in [4.69, 9.17) is 9.57 Å². The van der Waals surface area contributed by atoms with Crippen LogP contribution in [0.5, 0.6) is 0 Å². The Labute approximate surface area is 198 Å². The number of aromatic nitrogens is 1. The third-order valence-corrected chi connectivity index (χ3v) is 6.37. The molecule has 0 saturated carbocycles. The van der Waals surface area contributed by atoms with Gasteiger partial charge >= 0.3 is 5.97 Å². The molecule has 1 saturated heterocycles. The zero-order valence-electron chi connectivity index (χ0n) is 18.2. The molecule has 1 aromatic heterocycles. The van der Waals surface area contributed by atoms with Crippen molar-refractivity contribution in [2.24, 2.45) is 5.16 Å². The van der Waals surface area contributed by atoms with Crippen LogP contribution < -0.4 is 10.6 Å². The van der Waals surface area contributed by atoms with Gasteiger partial charge in [-0.1, -0.05) is 17.8 Å². The molecule has 2 aliphatic rings. The van der Waals surface area contributed by atoms with Crippen LogP contribution in [0.4, 0.5) is 5.13 Å². The SMILES string of the molecule is C=CC1=CN2C(=O)C(NC(=O)/C(=N/OCC(=O)OC(C)(C)C)c3csc(NC=O)n3)[C@H]2SC1. The molecule has 0 bridgehead atoms. The van der Waals surface area contributed by atoms with Crippen molar-refractivity contribution in [3.8, 4) is 0 Å². The second-order valence-corrected chi connectivity index (χ2v) is 9.87. The monoisotopic (exact) mass is 493 g/mol. The van der Waals surface area contributed by atoms with Gasteiger partial charge in [-0.3, -0.25) is 14.4 Å². The lowest BCUT2D eigenvalue weighted by Crippen LogP contribution is -2.69. The summed E-state index contributed by atoms with van der Waals surface area (Å²) in [6.45, 7) is 8.30. The lowest BCUT2D eigenvalue weighted by Gasteiger charge is -2.47. The number of carbonyl (C=O) groups is 4. The van der Waals surface area contributed by atoms with Gasteiger partial charge in [0.05, 0.1) is 0 Å². The molecule has 13 heteroatoms. The molecular weight excluding hydrogens is 470 g/mol. The van der Waals surface area contributed by atoms with Crippen molar-refractivity contribution in [1.82, 2.24) is 15.2 Å². The average molecular weight is 494 g/mol. The standard InChI is InChI=1S/C20H23N5O6S2/c1-5-11-6-25-17(29)15(18(25)32-8-11)23-16(28)14(12-9-33-19(22-12)21-10-26)24-30-7-13(27)31-20(2,3)4/h5-6,9-10,15,18H,1,7-8H2,2-4H3,(H,23,28)(H,21,22,26)/b24-14+/t15?,18-/m1/s1. The van der Waals surface area contributed by atoms with E-state index in [2.05, 4.69) is 27.4 Å². The summed E-state index contributed by atoms with van der Waals surface area (Å²) in [5.74, 6) is -0.979. The zero-order chi connectivity index (χ0) is 24.2. The van der Waals surface area contributed by atoms with Crippen LogP contribution in [0.15, 0.2) is 35.0 Å². The van der Waals surface area contributed by atoms with E-state index in [0.29, 0.717) is 12.2 Å². The van der Waals surface area contributed by atoms with E-state index in [0.717, 1.165) is 16.9 Å². The molecule has 11 nitrogen and oxygen atoms in total. The largest absolute Gasteiger partial charge is 0.457 e. The Balaban J connectivity index is 1.73. The lowest BCUT2D eigenvalue weighted by molar-refractivity contribution is -0.160. The highest BCUT2D eigenvalue weighted by atomic mass is 32.2. The van der Waals surface area contributed by atoms with Crippen molar-refractivity contribution in [2.75, 3.05) is 17.7 Å². The Morgan fingerprint density at radius 1 is 1.42 bits per heavy atom. The molecule has 3 amide bonds. The van der Waals surface area contributed by atoms with E-state index < -0.39 is 30.1 Å². The van der Waals surface area contributed by atoms with Crippen molar-refractivity contribution in [2.45, 2.75) is 37.8 Å². The molecular formula is C20H23N5O6S2. The molecule has 0 spiro atoms. The number of carbonyl (C=O) groups excluding carboxylic acids is 4. The Bertz CT molecular complexity index is 1030. The quantitative estimate of drug-likeness (QED) is 0.172. The number of rotatable bonds is 9. The Hall–Kier alpha value is -3.19. The number of thioether (sulfide) groups is 1. The van der Waals surface area contributed by atoms with E-state index in [-0.39, 0.29) is 27.8 Å². The topological polar surface area (TPSA) is 139 Å². The average Bonchev–Trinajstić information content (AvgIpc) is 3.21. The second-order valence-electron chi connectivity index (χ2n) is 7.91. The van der Waals surface area contributed by atoms with Gasteiger partial charge in [0.1, 0.15) is 22.7 Å². The van der Waals surface area contributed by atoms with Crippen molar-refractivity contribution >= 4 is 58.1 Å². The third-order valence-electron chi connectivity index (χ3n) is 4.26. The van der Waals surface area contributed by atoms with Gasteiger partial charge in [-0.15, -0.1) is 23.1 Å². The number of hydrogen-bond acceptors (Lipinski definition) is 10. The minimum atomic E-state index is -0.757. The van der Waals surface area contributed by atoms with E-state index >= 15 is 0 Å². The van der Waals surface area contributed by atoms with Gasteiger partial charge in [-0.2, -0.15) is 0 Å². The van der Waals surface area contributed by atoms with Crippen LogP contribution in [0.25, 0.3) is 0 Å². The molecule has 33 heavy (non-hydrogen) atoms. The highest BCUT2D eigenvalue weighted by molar-refractivity contribution is 8.00. The minimum Gasteiger partial charge on any atom is -0.457 e. The third kappa shape index (κ3) is 5.99. The molecule has 176 valence electrons. The highest BCUT2D eigenvalue weighted by Crippen LogP contribution is 2.36. The summed E-state index contributed by atoms with van der Waals surface area (Å²) in [4.78, 5) is 58.7. The maximum atomic E-state index is 13.0. The fourth-order valence-electron chi connectivity index (χ4n) is 2.88. The van der Waals surface area contributed by atoms with Crippen LogP contribution in [0.3, 0.4) is 0 Å². The van der Waals surface area contributed by atoms with Gasteiger partial charge in [0.25, 0.3) is 11.8 Å². The molecule has 3 rings (SSSR count). The normalized spacial score (nSPS) is 20.1. The van der Waals surface area contributed by atoms with Crippen LogP contribution in [0.2, 0.25) is 0 Å². The van der Waals surface area contributed by atoms with Crippen LogP contribution in [0.1, 0.15) is 26.5 Å². The molecule has 2 atom stereocenters. The molecule has 0 aromatic carbocycles. The van der Waals surface area contributed by atoms with Gasteiger partial charge < -0.3 is 25.1 Å². The first kappa shape index (κ1) is 24.5. The number of thiazole rings is 1. The number of nitrogens with one attached hydrogen (secondary N) is 2. The fraction of sp³-hybridized carbons (Fsp3) is 0.400. The number of anilines is 1. The summed E-state index contributed by atoms with van der Waals surface area (Å²) in [6, 6.07) is -0.757. The van der Waals surface area contributed by atoms with Crippen molar-refractivity contribution in [3.63, 3.8) is 0 Å². The summed E-state index contributed by atoms with van der Waals surface area (Å²) < 4.78 is 5.14. The molecule has 3 heterocycles. The van der Waals surface area contributed by atoms with Crippen molar-refractivity contribution < 1.29 is 28.8 Å². The molecule has 2 aliphatic heterocycles. The van der Waals surface area contributed by atoms with Gasteiger partial charge in [0.2, 0.25) is 13.0 Å². The van der Waals surface area contributed by atoms with Crippen LogP contribution in [-0.2, 0) is 28.8 Å². The molecule has 1 aromatic rings. The summed E-state index contributed by atoms with van der Waals surface area (Å²) in [7, 11) is 0. The van der Waals surface area contributed by atoms with Crippen LogP contribution >= 0.6 is 23.1 Å². The molecule has 0 aliphatic carbocycles. The Kier molecular flexibility index (Phi) is 7.53. The van der Waals surface area contributed by atoms with Crippen molar-refractivity contribution in [1.29, 1.82) is 0 Å². The molecule has 1 unspecified atom stereocenters. The zero-order valence-corrected chi connectivity index (χ0v) is 19.8. The number of allylic oxidation sites excluding steroid dienone is 1. The van der Waals surface area contributed by atoms with Crippen LogP contribution in [0, 0.1) is 0 Å². The number of amides is 3. The smallest absolute Gasteiger partial charge is 0.347 e. The number of fused-ring (bicyclic) bond motifs is 1. The van der Waals surface area contributed by atoms with Gasteiger partial charge in [-0.05, 0) is 26.3 Å². The minimum absolute atomic E-state index is 0.111. The fourth-order valence-corrected chi connectivity index (χ4v) is 4.79. The number of ether oxygens (including phenoxy) is 1. The Morgan fingerprint density at radius 2 is 2.18 bits per heavy atom. The highest BCUT2D eigenvalue weighted by Gasteiger charge is 2.49. The molecule has 1 fully saturated rings. The first-order chi connectivity index (χ1) is 15.6. The molecule has 2 N–H and O–H groups in total. The van der Waals surface area contributed by atoms with E-state index in [1.54, 1.807) is 37.9 Å². The number of oxime groups is 1. The van der Waals surface area contributed by atoms with E-state index in [1.807, 2.05) is 0 Å². The summed E-state index contributed by atoms with van der Waals surface area (Å²) in [6.07, 6.45) is 3.85. The van der Waals surface area contributed by atoms with Gasteiger partial charge in [-0.25, -0.2) is 9.78 Å². The first-order valence-corrected chi connectivity index (χ1v) is 11.7. The maximum absolute atomic E-state index is 13.0. The predicted molar refractivity (Wildman–Crippen MR) is 123 cm³/mol. The summed E-state index contributed by atoms with van der Waals surface area (Å²) >= 11 is 2.57. The lowest BCUT2D eigenvalue weighted by atomic mass is 10.1. The Morgan fingerprint density at radius 3 is 2.85 bits per heavy atom. The predicted octanol–water partition coefficient (Wildman–Crippen LogP) is 1.24. The molecule has 0 radical (unpaired) electrons. The number of hydrogen-bond donors (Lipinski definition) is 2. The summed E-state index contributed by atoms with van der Waals surface area (Å²) in [5.41, 5.74) is 0.0793. The van der Waals surface area contributed by atoms with E-state index in [9.17, 15) is 19.2 Å². The van der Waals surface area contributed by atoms with E-state index in [1.165, 1.54) is 17.1 Å². The summed E-state index contributed by atoms with van der Waals surface area (Å²) in [5, 5.41) is 10.3. The number of esters is 1. The first-order valence-electron chi connectivity index (χ1n) is 9.78. The number of β-lactam (4-membered cyclic amide) rings is 1. The van der Waals surface area contributed by atoms with Gasteiger partial charge in [0, 0.05) is 17.3 Å². The number of nitrogens with zero attached hydrogens (tertiary/aromatic N) is 3.